The van der Waals surface area contributed by atoms with E-state index in [4.69, 9.17) is 27.9 Å². The lowest BCUT2D eigenvalue weighted by Gasteiger charge is -2.10. The van der Waals surface area contributed by atoms with Crippen LogP contribution in [0, 0.1) is 0 Å². The number of pyridine rings is 2. The van der Waals surface area contributed by atoms with Crippen molar-refractivity contribution in [1.29, 1.82) is 0 Å². The number of aromatic nitrogens is 4. The molecule has 0 fully saturated rings. The first kappa shape index (κ1) is 19.2. The van der Waals surface area contributed by atoms with Crippen molar-refractivity contribution in [3.05, 3.63) is 34.1 Å². The van der Waals surface area contributed by atoms with E-state index in [0.29, 0.717) is 51.6 Å². The van der Waals surface area contributed by atoms with E-state index in [1.807, 2.05) is 13.8 Å². The molecule has 142 valence electrons. The zero-order chi connectivity index (χ0) is 19.6. The Bertz CT molecular complexity index is 984. The summed E-state index contributed by atoms with van der Waals surface area (Å²) in [6.45, 7) is 4.55. The summed E-state index contributed by atoms with van der Waals surface area (Å²) < 4.78 is 7.28. The molecule has 0 aliphatic heterocycles. The van der Waals surface area contributed by atoms with Gasteiger partial charge in [-0.05, 0) is 19.9 Å². The number of aryl methyl sites for hydroxylation is 1. The molecule has 0 aliphatic carbocycles. The second-order valence-corrected chi connectivity index (χ2v) is 6.39. The number of imidazole rings is 1. The van der Waals surface area contributed by atoms with E-state index < -0.39 is 0 Å². The quantitative estimate of drug-likeness (QED) is 0.647. The van der Waals surface area contributed by atoms with Crippen LogP contribution < -0.4 is 15.4 Å². The summed E-state index contributed by atoms with van der Waals surface area (Å²) in [5.74, 6) is 0.448. The lowest BCUT2D eigenvalue weighted by molar-refractivity contribution is 0.0951. The highest BCUT2D eigenvalue weighted by molar-refractivity contribution is 6.39. The second-order valence-electron chi connectivity index (χ2n) is 5.57. The predicted molar refractivity (Wildman–Crippen MR) is 105 cm³/mol. The first-order chi connectivity index (χ1) is 13.0. The third kappa shape index (κ3) is 3.77. The van der Waals surface area contributed by atoms with Crippen LogP contribution in [0.4, 0.5) is 11.6 Å². The fourth-order valence-electron chi connectivity index (χ4n) is 2.51. The first-order valence-corrected chi connectivity index (χ1v) is 9.06. The molecule has 10 heteroatoms. The molecule has 8 nitrogen and oxygen atoms in total. The van der Waals surface area contributed by atoms with Gasteiger partial charge in [0.2, 0.25) is 11.8 Å². The summed E-state index contributed by atoms with van der Waals surface area (Å²) in [7, 11) is 1.79. The Balaban J connectivity index is 2.09. The van der Waals surface area contributed by atoms with Crippen LogP contribution in [-0.4, -0.2) is 38.6 Å². The number of fused-ring (bicyclic) bond motifs is 1. The number of nitrogens with one attached hydrogen (secondary N) is 2. The van der Waals surface area contributed by atoms with E-state index >= 15 is 0 Å². The Morgan fingerprint density at radius 3 is 2.56 bits per heavy atom. The highest BCUT2D eigenvalue weighted by atomic mass is 35.5. The van der Waals surface area contributed by atoms with Gasteiger partial charge in [0.15, 0.2) is 5.65 Å². The predicted octanol–water partition coefficient (Wildman–Crippen LogP) is 3.56. The third-order valence-electron chi connectivity index (χ3n) is 3.76. The normalized spacial score (nSPS) is 10.9. The van der Waals surface area contributed by atoms with Crippen molar-refractivity contribution in [3.63, 3.8) is 0 Å². The van der Waals surface area contributed by atoms with Gasteiger partial charge in [-0.15, -0.1) is 0 Å². The number of carbonyl (C=O) groups is 1. The van der Waals surface area contributed by atoms with Crippen LogP contribution in [0.2, 0.25) is 10.0 Å². The molecule has 27 heavy (non-hydrogen) atoms. The lowest BCUT2D eigenvalue weighted by atomic mass is 10.2. The van der Waals surface area contributed by atoms with Gasteiger partial charge < -0.3 is 15.4 Å². The van der Waals surface area contributed by atoms with Gasteiger partial charge in [0.05, 0.1) is 22.3 Å². The van der Waals surface area contributed by atoms with Gasteiger partial charge in [0.25, 0.3) is 5.91 Å². The summed E-state index contributed by atoms with van der Waals surface area (Å²) in [4.78, 5) is 25.2. The molecule has 0 saturated carbocycles. The molecule has 0 unspecified atom stereocenters. The van der Waals surface area contributed by atoms with Gasteiger partial charge in [0.1, 0.15) is 11.1 Å². The third-order valence-corrected chi connectivity index (χ3v) is 4.34. The van der Waals surface area contributed by atoms with Crippen molar-refractivity contribution in [2.24, 2.45) is 7.05 Å². The Hall–Kier alpha value is -2.58. The first-order valence-electron chi connectivity index (χ1n) is 8.30. The average molecular weight is 409 g/mol. The van der Waals surface area contributed by atoms with E-state index in [-0.39, 0.29) is 11.8 Å². The van der Waals surface area contributed by atoms with Crippen LogP contribution in [0.5, 0.6) is 5.88 Å². The maximum Gasteiger partial charge on any atom is 0.256 e. The van der Waals surface area contributed by atoms with Gasteiger partial charge in [-0.25, -0.2) is 4.98 Å². The highest BCUT2D eigenvalue weighted by Gasteiger charge is 2.20. The van der Waals surface area contributed by atoms with Gasteiger partial charge in [-0.2, -0.15) is 4.98 Å². The van der Waals surface area contributed by atoms with Crippen LogP contribution in [0.3, 0.4) is 0 Å². The molecule has 0 radical (unpaired) electrons. The van der Waals surface area contributed by atoms with E-state index in [0.717, 1.165) is 0 Å². The molecule has 0 spiro atoms. The van der Waals surface area contributed by atoms with E-state index in [1.165, 1.54) is 12.4 Å². The molecule has 0 aliphatic rings. The molecule has 0 atom stereocenters. The van der Waals surface area contributed by atoms with Crippen LogP contribution >= 0.6 is 23.2 Å². The molecule has 3 rings (SSSR count). The second kappa shape index (κ2) is 7.98. The number of ether oxygens (including phenoxy) is 1. The minimum absolute atomic E-state index is 0.255. The number of anilines is 2. The van der Waals surface area contributed by atoms with Crippen molar-refractivity contribution in [2.75, 3.05) is 18.5 Å². The topological polar surface area (TPSA) is 94.0 Å². The number of hydrogen-bond donors (Lipinski definition) is 2. The van der Waals surface area contributed by atoms with Gasteiger partial charge in [-0.1, -0.05) is 23.2 Å². The van der Waals surface area contributed by atoms with Gasteiger partial charge in [0, 0.05) is 26.0 Å². The van der Waals surface area contributed by atoms with Crippen molar-refractivity contribution >= 4 is 51.9 Å². The molecule has 2 N–H and O–H groups in total. The number of nitrogens with zero attached hydrogens (tertiary/aromatic N) is 4. The van der Waals surface area contributed by atoms with Crippen molar-refractivity contribution in [3.8, 4) is 5.88 Å². The smallest absolute Gasteiger partial charge is 0.256 e. The van der Waals surface area contributed by atoms with Crippen LogP contribution in [-0.2, 0) is 7.05 Å². The molecule has 0 aromatic carbocycles. The van der Waals surface area contributed by atoms with Gasteiger partial charge >= 0.3 is 0 Å². The highest BCUT2D eigenvalue weighted by Crippen LogP contribution is 2.32. The van der Waals surface area contributed by atoms with E-state index in [9.17, 15) is 4.79 Å². The summed E-state index contributed by atoms with van der Waals surface area (Å²) >= 11 is 12.3. The van der Waals surface area contributed by atoms with Crippen LogP contribution in [0.15, 0.2) is 18.5 Å². The molecular formula is C17H18Cl2N6O2. The van der Waals surface area contributed by atoms with Crippen LogP contribution in [0.1, 0.15) is 24.2 Å². The standard InChI is InChI=1S/C17H18Cl2N6O2/c1-4-21-15(26)9-6-12-14(24-16(9)27-5-2)25(3)17(22-12)23-13-10(18)7-20-8-11(13)19/h6-8H,4-5H2,1-3H3,(H,21,26)(H,20,22,23). The summed E-state index contributed by atoms with van der Waals surface area (Å²) in [6, 6.07) is 1.65. The Kier molecular flexibility index (Phi) is 5.67. The number of rotatable bonds is 6. The Morgan fingerprint density at radius 1 is 1.22 bits per heavy atom. The lowest BCUT2D eigenvalue weighted by Crippen LogP contribution is -2.23. The molecule has 3 heterocycles. The molecule has 0 bridgehead atoms. The average Bonchev–Trinajstić information content (AvgIpc) is 2.93. The molecule has 1 amide bonds. The zero-order valence-corrected chi connectivity index (χ0v) is 16.5. The Labute approximate surface area is 165 Å². The molecule has 0 saturated heterocycles. The summed E-state index contributed by atoms with van der Waals surface area (Å²) in [6.07, 6.45) is 2.97. The number of amides is 1. The maximum absolute atomic E-state index is 12.3. The minimum atomic E-state index is -0.268. The summed E-state index contributed by atoms with van der Waals surface area (Å²) in [5.41, 5.74) is 1.90. The number of halogens is 2. The maximum atomic E-state index is 12.3. The number of hydrogen-bond acceptors (Lipinski definition) is 6. The van der Waals surface area contributed by atoms with Crippen molar-refractivity contribution in [1.82, 2.24) is 24.8 Å². The van der Waals surface area contributed by atoms with Crippen LogP contribution in [0.25, 0.3) is 11.2 Å². The fourth-order valence-corrected chi connectivity index (χ4v) is 2.97. The largest absolute Gasteiger partial charge is 0.477 e. The van der Waals surface area contributed by atoms with E-state index in [1.54, 1.807) is 17.7 Å². The zero-order valence-electron chi connectivity index (χ0n) is 15.0. The molecule has 3 aromatic heterocycles. The minimum Gasteiger partial charge on any atom is -0.477 e. The Morgan fingerprint density at radius 2 is 1.93 bits per heavy atom. The number of carbonyl (C=O) groups excluding carboxylic acids is 1. The summed E-state index contributed by atoms with van der Waals surface area (Å²) in [5, 5.41) is 6.56. The van der Waals surface area contributed by atoms with Crippen molar-refractivity contribution in [2.45, 2.75) is 13.8 Å². The molecular weight excluding hydrogens is 391 g/mol. The fraction of sp³-hybridized carbons (Fsp3) is 0.294. The van der Waals surface area contributed by atoms with Crippen molar-refractivity contribution < 1.29 is 9.53 Å². The van der Waals surface area contributed by atoms with Gasteiger partial charge in [-0.3, -0.25) is 14.3 Å². The molecule has 3 aromatic rings. The van der Waals surface area contributed by atoms with E-state index in [2.05, 4.69) is 25.6 Å². The monoisotopic (exact) mass is 408 g/mol. The SMILES string of the molecule is CCNC(=O)c1cc2nc(Nc3c(Cl)cncc3Cl)n(C)c2nc1OCC.